The Kier molecular flexibility index (Phi) is 4.48. The molecule has 1 aromatic rings. The van der Waals surface area contributed by atoms with E-state index in [0.29, 0.717) is 4.88 Å². The highest BCUT2D eigenvalue weighted by molar-refractivity contribution is 9.11. The normalized spacial score (nSPS) is 11.4. The van der Waals surface area contributed by atoms with Crippen molar-refractivity contribution in [2.24, 2.45) is 0 Å². The van der Waals surface area contributed by atoms with Crippen molar-refractivity contribution in [2.75, 3.05) is 13.7 Å². The largest absolute Gasteiger partial charge is 0.468 e. The minimum Gasteiger partial charge on any atom is -0.468 e. The lowest BCUT2D eigenvalue weighted by Gasteiger charge is -2.04. The number of carbonyl (C=O) groups is 1. The van der Waals surface area contributed by atoms with Crippen LogP contribution in [0.3, 0.4) is 0 Å². The summed E-state index contributed by atoms with van der Waals surface area (Å²) in [4.78, 5) is 11.7. The highest BCUT2D eigenvalue weighted by Gasteiger charge is 2.20. The smallest absolute Gasteiger partial charge is 0.320 e. The van der Waals surface area contributed by atoms with Crippen molar-refractivity contribution in [3.8, 4) is 0 Å². The Morgan fingerprint density at radius 2 is 2.25 bits per heavy atom. The Labute approximate surface area is 106 Å². The molecule has 8 heteroatoms. The molecule has 0 aliphatic rings. The van der Waals surface area contributed by atoms with Crippen LogP contribution in [0.1, 0.15) is 4.88 Å². The van der Waals surface area contributed by atoms with Gasteiger partial charge in [-0.3, -0.25) is 4.79 Å². The van der Waals surface area contributed by atoms with Crippen LogP contribution in [0.25, 0.3) is 0 Å². The average Bonchev–Trinajstić information content (AvgIpc) is 2.55. The van der Waals surface area contributed by atoms with Gasteiger partial charge in [0, 0.05) is 4.88 Å². The van der Waals surface area contributed by atoms with Crippen LogP contribution in [0.2, 0.25) is 0 Å². The number of hydrogen-bond donors (Lipinski definition) is 1. The summed E-state index contributed by atoms with van der Waals surface area (Å²) in [6.45, 7) is 1.33. The van der Waals surface area contributed by atoms with Crippen LogP contribution in [0.5, 0.6) is 0 Å². The molecule has 0 radical (unpaired) electrons. The number of thiophene rings is 1. The third-order valence-electron chi connectivity index (χ3n) is 1.77. The van der Waals surface area contributed by atoms with Crippen molar-refractivity contribution in [2.45, 2.75) is 11.8 Å². The van der Waals surface area contributed by atoms with E-state index in [2.05, 4.69) is 25.4 Å². The zero-order valence-electron chi connectivity index (χ0n) is 8.61. The maximum Gasteiger partial charge on any atom is 0.320 e. The van der Waals surface area contributed by atoms with Gasteiger partial charge in [-0.05, 0) is 28.9 Å². The van der Waals surface area contributed by atoms with Crippen LogP contribution in [-0.4, -0.2) is 28.0 Å². The monoisotopic (exact) mass is 327 g/mol. The topological polar surface area (TPSA) is 72.5 Å². The first-order chi connectivity index (χ1) is 7.36. The van der Waals surface area contributed by atoms with Crippen molar-refractivity contribution in [1.82, 2.24) is 4.72 Å². The summed E-state index contributed by atoms with van der Waals surface area (Å²) < 4.78 is 30.7. The van der Waals surface area contributed by atoms with E-state index in [4.69, 9.17) is 0 Å². The van der Waals surface area contributed by atoms with Gasteiger partial charge in [0.1, 0.15) is 6.54 Å². The molecule has 0 bridgehead atoms. The number of sulfonamides is 1. The number of carbonyl (C=O) groups excluding carboxylic acids is 1. The van der Waals surface area contributed by atoms with Crippen molar-refractivity contribution in [3.05, 3.63) is 14.7 Å². The molecule has 90 valence electrons. The molecule has 1 aromatic heterocycles. The maximum atomic E-state index is 11.8. The Hall–Kier alpha value is -0.440. The van der Waals surface area contributed by atoms with E-state index < -0.39 is 16.0 Å². The fraction of sp³-hybridized carbons (Fsp3) is 0.375. The van der Waals surface area contributed by atoms with E-state index in [1.165, 1.54) is 24.5 Å². The quantitative estimate of drug-likeness (QED) is 0.845. The van der Waals surface area contributed by atoms with Crippen molar-refractivity contribution < 1.29 is 17.9 Å². The van der Waals surface area contributed by atoms with E-state index in [1.807, 2.05) is 0 Å². The van der Waals surface area contributed by atoms with Gasteiger partial charge in [0.2, 0.25) is 10.0 Å². The Morgan fingerprint density at radius 1 is 1.62 bits per heavy atom. The predicted molar refractivity (Wildman–Crippen MR) is 64.0 cm³/mol. The second-order valence-corrected chi connectivity index (χ2v) is 7.24. The summed E-state index contributed by atoms with van der Waals surface area (Å²) >= 11 is 4.52. The van der Waals surface area contributed by atoms with Crippen LogP contribution < -0.4 is 4.72 Å². The molecule has 0 aromatic carbocycles. The number of aryl methyl sites for hydroxylation is 1. The Morgan fingerprint density at radius 3 is 2.69 bits per heavy atom. The number of esters is 1. The lowest BCUT2D eigenvalue weighted by Crippen LogP contribution is -2.30. The van der Waals surface area contributed by atoms with Crippen molar-refractivity contribution >= 4 is 43.3 Å². The zero-order chi connectivity index (χ0) is 12.3. The van der Waals surface area contributed by atoms with Crippen LogP contribution in [0, 0.1) is 6.92 Å². The van der Waals surface area contributed by atoms with Gasteiger partial charge in [-0.25, -0.2) is 8.42 Å². The summed E-state index contributed by atoms with van der Waals surface area (Å²) in [6.07, 6.45) is 0. The Balaban J connectivity index is 2.86. The molecule has 0 unspecified atom stereocenters. The van der Waals surface area contributed by atoms with Gasteiger partial charge in [0.05, 0.1) is 15.8 Å². The molecule has 1 heterocycles. The minimum absolute atomic E-state index is 0.174. The molecule has 0 fully saturated rings. The third kappa shape index (κ3) is 3.27. The SMILES string of the molecule is COC(=O)CNS(=O)(=O)c1cc(Br)sc1C. The van der Waals surface area contributed by atoms with E-state index in [-0.39, 0.29) is 11.4 Å². The minimum atomic E-state index is -3.65. The number of hydrogen-bond acceptors (Lipinski definition) is 5. The molecular formula is C8H10BrNO4S2. The van der Waals surface area contributed by atoms with E-state index >= 15 is 0 Å². The molecule has 0 spiro atoms. The van der Waals surface area contributed by atoms with Crippen LogP contribution in [0.15, 0.2) is 14.7 Å². The number of methoxy groups -OCH3 is 1. The summed E-state index contributed by atoms with van der Waals surface area (Å²) in [7, 11) is -2.45. The molecule has 1 N–H and O–H groups in total. The van der Waals surface area contributed by atoms with E-state index in [0.717, 1.165) is 3.79 Å². The molecule has 0 amide bonds. The molecular weight excluding hydrogens is 318 g/mol. The Bertz CT molecular complexity index is 494. The van der Waals surface area contributed by atoms with Gasteiger partial charge in [0.25, 0.3) is 0 Å². The van der Waals surface area contributed by atoms with Gasteiger partial charge >= 0.3 is 5.97 Å². The summed E-state index contributed by atoms with van der Waals surface area (Å²) in [5, 5.41) is 0. The molecule has 0 aliphatic carbocycles. The fourth-order valence-electron chi connectivity index (χ4n) is 1.00. The van der Waals surface area contributed by atoms with Crippen LogP contribution >= 0.6 is 27.3 Å². The summed E-state index contributed by atoms with van der Waals surface area (Å²) in [5.74, 6) is -0.629. The molecule has 0 atom stereocenters. The van der Waals surface area contributed by atoms with Gasteiger partial charge in [0.15, 0.2) is 0 Å². The van der Waals surface area contributed by atoms with E-state index in [9.17, 15) is 13.2 Å². The highest BCUT2D eigenvalue weighted by atomic mass is 79.9. The van der Waals surface area contributed by atoms with Crippen LogP contribution in [-0.2, 0) is 19.6 Å². The second-order valence-electron chi connectivity index (χ2n) is 2.87. The van der Waals surface area contributed by atoms with Crippen LogP contribution in [0.4, 0.5) is 0 Å². The standard InChI is InChI=1S/C8H10BrNO4S2/c1-5-6(3-7(9)15-5)16(12,13)10-4-8(11)14-2/h3,10H,4H2,1-2H3. The molecule has 0 saturated carbocycles. The molecule has 1 rings (SSSR count). The molecule has 16 heavy (non-hydrogen) atoms. The summed E-state index contributed by atoms with van der Waals surface area (Å²) in [6, 6.07) is 1.50. The second kappa shape index (κ2) is 5.26. The first-order valence-corrected chi connectivity index (χ1v) is 7.28. The molecule has 0 saturated heterocycles. The number of rotatable bonds is 4. The average molecular weight is 328 g/mol. The first-order valence-electron chi connectivity index (χ1n) is 4.19. The number of halogens is 1. The van der Waals surface area contributed by atoms with Gasteiger partial charge in [-0.2, -0.15) is 4.72 Å². The van der Waals surface area contributed by atoms with Crippen molar-refractivity contribution in [1.29, 1.82) is 0 Å². The maximum absolute atomic E-state index is 11.8. The van der Waals surface area contributed by atoms with Gasteiger partial charge in [-0.1, -0.05) is 0 Å². The first kappa shape index (κ1) is 13.6. The van der Waals surface area contributed by atoms with Gasteiger partial charge < -0.3 is 4.74 Å². The van der Waals surface area contributed by atoms with Crippen molar-refractivity contribution in [3.63, 3.8) is 0 Å². The van der Waals surface area contributed by atoms with Gasteiger partial charge in [-0.15, -0.1) is 11.3 Å². The summed E-state index contributed by atoms with van der Waals surface area (Å²) in [5.41, 5.74) is 0. The molecule has 0 aliphatic heterocycles. The highest BCUT2D eigenvalue weighted by Crippen LogP contribution is 2.29. The zero-order valence-corrected chi connectivity index (χ0v) is 11.8. The molecule has 5 nitrogen and oxygen atoms in total. The third-order valence-corrected chi connectivity index (χ3v) is 4.98. The fourth-order valence-corrected chi connectivity index (χ4v) is 4.38. The lowest BCUT2D eigenvalue weighted by molar-refractivity contribution is -0.139. The number of nitrogens with one attached hydrogen (secondary N) is 1. The van der Waals surface area contributed by atoms with E-state index in [1.54, 1.807) is 6.92 Å². The number of ether oxygens (including phenoxy) is 1. The predicted octanol–water partition coefficient (Wildman–Crippen LogP) is 1.27. The lowest BCUT2D eigenvalue weighted by atomic mass is 10.5.